The Labute approximate surface area is 128 Å². The highest BCUT2D eigenvalue weighted by atomic mass is 19.1. The molecule has 0 saturated carbocycles. The van der Waals surface area contributed by atoms with Crippen LogP contribution in [0.25, 0.3) is 0 Å². The first-order valence-electron chi connectivity index (χ1n) is 7.33. The van der Waals surface area contributed by atoms with E-state index in [0.717, 1.165) is 37.7 Å². The molecule has 0 radical (unpaired) electrons. The van der Waals surface area contributed by atoms with Crippen LogP contribution in [0, 0.1) is 5.82 Å². The van der Waals surface area contributed by atoms with Gasteiger partial charge < -0.3 is 14.5 Å². The van der Waals surface area contributed by atoms with Crippen molar-refractivity contribution in [1.29, 1.82) is 0 Å². The molecule has 22 heavy (non-hydrogen) atoms. The largest absolute Gasteiger partial charge is 0.490 e. The van der Waals surface area contributed by atoms with Gasteiger partial charge in [0.15, 0.2) is 17.4 Å². The minimum atomic E-state index is -0.419. The first-order valence-corrected chi connectivity index (χ1v) is 7.33. The van der Waals surface area contributed by atoms with Crippen LogP contribution >= 0.6 is 0 Å². The fourth-order valence-electron chi connectivity index (χ4n) is 2.47. The number of rotatable bonds is 4. The van der Waals surface area contributed by atoms with E-state index in [4.69, 9.17) is 4.74 Å². The number of ether oxygens (including phenoxy) is 1. The topological polar surface area (TPSA) is 54.4 Å². The molecule has 1 saturated heterocycles. The summed E-state index contributed by atoms with van der Waals surface area (Å²) in [4.78, 5) is 16.7. The molecule has 116 valence electrons. The highest BCUT2D eigenvalue weighted by molar-refractivity contribution is 5.53. The molecule has 0 spiro atoms. The van der Waals surface area contributed by atoms with E-state index in [1.165, 1.54) is 12.4 Å². The van der Waals surface area contributed by atoms with Crippen LogP contribution < -0.4 is 14.5 Å². The number of aromatic nitrogens is 3. The zero-order valence-electron chi connectivity index (χ0n) is 12.4. The molecule has 3 heterocycles. The van der Waals surface area contributed by atoms with Crippen molar-refractivity contribution in [3.05, 3.63) is 36.5 Å². The Morgan fingerprint density at radius 1 is 1.09 bits per heavy atom. The molecule has 0 amide bonds. The van der Waals surface area contributed by atoms with Crippen molar-refractivity contribution in [3.63, 3.8) is 0 Å². The lowest BCUT2D eigenvalue weighted by atomic mass is 10.3. The fraction of sp³-hybridized carbons (Fsp3) is 0.400. The number of pyridine rings is 1. The maximum atomic E-state index is 12.9. The number of halogens is 1. The second-order valence-electron chi connectivity index (χ2n) is 4.93. The average Bonchev–Trinajstić information content (AvgIpc) is 2.57. The van der Waals surface area contributed by atoms with Gasteiger partial charge in [-0.3, -0.25) is 0 Å². The van der Waals surface area contributed by atoms with Crippen molar-refractivity contribution >= 4 is 11.8 Å². The third kappa shape index (κ3) is 3.08. The molecule has 0 N–H and O–H groups in total. The summed E-state index contributed by atoms with van der Waals surface area (Å²) < 4.78 is 18.5. The van der Waals surface area contributed by atoms with Crippen molar-refractivity contribution < 1.29 is 9.13 Å². The van der Waals surface area contributed by atoms with Crippen LogP contribution in [0.3, 0.4) is 0 Å². The van der Waals surface area contributed by atoms with E-state index in [1.807, 2.05) is 24.0 Å². The molecule has 0 unspecified atom stereocenters. The standard InChI is InChI=1S/C15H18FN5O/c1-2-22-13-4-3-5-17-14(13)20-6-8-21(9-7-20)15-18-10-12(16)11-19-15/h3-5,10-11H,2,6-9H2,1H3. The lowest BCUT2D eigenvalue weighted by Crippen LogP contribution is -2.47. The second-order valence-corrected chi connectivity index (χ2v) is 4.93. The number of anilines is 2. The Balaban J connectivity index is 1.68. The Morgan fingerprint density at radius 2 is 1.77 bits per heavy atom. The van der Waals surface area contributed by atoms with Crippen molar-refractivity contribution in [1.82, 2.24) is 15.0 Å². The molecule has 0 aromatic carbocycles. The summed E-state index contributed by atoms with van der Waals surface area (Å²) in [5.74, 6) is 1.81. The summed E-state index contributed by atoms with van der Waals surface area (Å²) >= 11 is 0. The van der Waals surface area contributed by atoms with Crippen molar-refractivity contribution in [3.8, 4) is 5.75 Å². The normalized spacial score (nSPS) is 15.0. The smallest absolute Gasteiger partial charge is 0.225 e. The molecule has 2 aromatic rings. The van der Waals surface area contributed by atoms with Gasteiger partial charge >= 0.3 is 0 Å². The number of piperazine rings is 1. The molecule has 1 aliphatic heterocycles. The zero-order chi connectivity index (χ0) is 15.4. The third-order valence-electron chi connectivity index (χ3n) is 3.52. The van der Waals surface area contributed by atoms with Crippen LogP contribution in [0.5, 0.6) is 5.75 Å². The van der Waals surface area contributed by atoms with Gasteiger partial charge in [0, 0.05) is 32.4 Å². The Morgan fingerprint density at radius 3 is 2.45 bits per heavy atom. The van der Waals surface area contributed by atoms with Gasteiger partial charge in [-0.25, -0.2) is 19.3 Å². The third-order valence-corrected chi connectivity index (χ3v) is 3.52. The molecule has 0 atom stereocenters. The SMILES string of the molecule is CCOc1cccnc1N1CCN(c2ncc(F)cn2)CC1. The maximum Gasteiger partial charge on any atom is 0.225 e. The first-order chi connectivity index (χ1) is 10.8. The van der Waals surface area contributed by atoms with Gasteiger partial charge in [-0.05, 0) is 19.1 Å². The van der Waals surface area contributed by atoms with Crippen LogP contribution in [0.4, 0.5) is 16.2 Å². The molecular formula is C15H18FN5O. The lowest BCUT2D eigenvalue weighted by molar-refractivity contribution is 0.338. The van der Waals surface area contributed by atoms with Crippen LogP contribution in [0.15, 0.2) is 30.7 Å². The average molecular weight is 303 g/mol. The van der Waals surface area contributed by atoms with E-state index in [9.17, 15) is 4.39 Å². The second kappa shape index (κ2) is 6.55. The Kier molecular flexibility index (Phi) is 4.32. The highest BCUT2D eigenvalue weighted by Crippen LogP contribution is 2.26. The monoisotopic (exact) mass is 303 g/mol. The molecular weight excluding hydrogens is 285 g/mol. The van der Waals surface area contributed by atoms with Gasteiger partial charge in [0.1, 0.15) is 0 Å². The Bertz CT molecular complexity index is 614. The summed E-state index contributed by atoms with van der Waals surface area (Å²) in [5, 5.41) is 0. The van der Waals surface area contributed by atoms with Gasteiger partial charge in [0.2, 0.25) is 5.95 Å². The quantitative estimate of drug-likeness (QED) is 0.857. The number of hydrogen-bond acceptors (Lipinski definition) is 6. The molecule has 3 rings (SSSR count). The van der Waals surface area contributed by atoms with E-state index in [1.54, 1.807) is 6.20 Å². The molecule has 0 bridgehead atoms. The lowest BCUT2D eigenvalue weighted by Gasteiger charge is -2.35. The van der Waals surface area contributed by atoms with Gasteiger partial charge in [0.25, 0.3) is 0 Å². The number of nitrogens with zero attached hydrogens (tertiary/aromatic N) is 5. The first kappa shape index (κ1) is 14.5. The van der Waals surface area contributed by atoms with Crippen LogP contribution in [-0.2, 0) is 0 Å². The minimum absolute atomic E-state index is 0.419. The molecule has 2 aromatic heterocycles. The van der Waals surface area contributed by atoms with Gasteiger partial charge in [0.05, 0.1) is 19.0 Å². The fourth-order valence-corrected chi connectivity index (χ4v) is 2.47. The van der Waals surface area contributed by atoms with Gasteiger partial charge in [-0.15, -0.1) is 0 Å². The van der Waals surface area contributed by atoms with Gasteiger partial charge in [-0.2, -0.15) is 0 Å². The van der Waals surface area contributed by atoms with Crippen LogP contribution in [0.2, 0.25) is 0 Å². The molecule has 6 nitrogen and oxygen atoms in total. The molecule has 1 aliphatic rings. The van der Waals surface area contributed by atoms with E-state index < -0.39 is 5.82 Å². The van der Waals surface area contributed by atoms with E-state index in [-0.39, 0.29) is 0 Å². The van der Waals surface area contributed by atoms with Crippen molar-refractivity contribution in [2.45, 2.75) is 6.92 Å². The predicted molar refractivity (Wildman–Crippen MR) is 81.8 cm³/mol. The zero-order valence-corrected chi connectivity index (χ0v) is 12.4. The molecule has 7 heteroatoms. The van der Waals surface area contributed by atoms with Gasteiger partial charge in [-0.1, -0.05) is 0 Å². The summed E-state index contributed by atoms with van der Waals surface area (Å²) in [7, 11) is 0. The number of hydrogen-bond donors (Lipinski definition) is 0. The predicted octanol–water partition coefficient (Wildman–Crippen LogP) is 1.74. The summed E-state index contributed by atoms with van der Waals surface area (Å²) in [5.41, 5.74) is 0. The highest BCUT2D eigenvalue weighted by Gasteiger charge is 2.22. The van der Waals surface area contributed by atoms with Crippen molar-refractivity contribution in [2.24, 2.45) is 0 Å². The molecule has 1 fully saturated rings. The van der Waals surface area contributed by atoms with E-state index in [0.29, 0.717) is 12.6 Å². The van der Waals surface area contributed by atoms with E-state index >= 15 is 0 Å². The van der Waals surface area contributed by atoms with E-state index in [2.05, 4.69) is 19.9 Å². The summed E-state index contributed by atoms with van der Waals surface area (Å²) in [6.07, 6.45) is 4.16. The Hall–Kier alpha value is -2.44. The van der Waals surface area contributed by atoms with Crippen LogP contribution in [0.1, 0.15) is 6.92 Å². The summed E-state index contributed by atoms with van der Waals surface area (Å²) in [6.45, 7) is 5.67. The summed E-state index contributed by atoms with van der Waals surface area (Å²) in [6, 6.07) is 3.80. The molecule has 0 aliphatic carbocycles. The minimum Gasteiger partial charge on any atom is -0.490 e. The van der Waals surface area contributed by atoms with Crippen molar-refractivity contribution in [2.75, 3.05) is 42.6 Å². The maximum absolute atomic E-state index is 12.9. The van der Waals surface area contributed by atoms with Crippen LogP contribution in [-0.4, -0.2) is 47.7 Å².